The third-order valence-corrected chi connectivity index (χ3v) is 9.46. The lowest BCUT2D eigenvalue weighted by atomic mass is 10.2. The molecule has 2 aliphatic rings. The molecule has 2 fully saturated rings. The standard InChI is InChI=1S/C24H27F2N3O3S2/c25-23(26)32-22-10-4-1-7-17(22)16-33-24-27-20-15-19(34(30,31)28-13-5-6-14-28)11-12-21(20)29(24)18-8-2-3-9-18/h1,4,7,10-12,15,18,23H,2-3,5-6,8-9,13-14,16H2. The molecule has 1 aliphatic heterocycles. The van der Waals surface area contributed by atoms with Crippen LogP contribution < -0.4 is 4.74 Å². The number of nitrogens with zero attached hydrogens (tertiary/aromatic N) is 3. The van der Waals surface area contributed by atoms with Gasteiger partial charge in [0.05, 0.1) is 15.9 Å². The summed E-state index contributed by atoms with van der Waals surface area (Å²) in [7, 11) is -3.54. The summed E-state index contributed by atoms with van der Waals surface area (Å²) in [5.74, 6) is 0.574. The van der Waals surface area contributed by atoms with Crippen molar-refractivity contribution in [2.45, 2.75) is 67.0 Å². The van der Waals surface area contributed by atoms with E-state index in [-0.39, 0.29) is 10.6 Å². The van der Waals surface area contributed by atoms with Gasteiger partial charge >= 0.3 is 6.61 Å². The van der Waals surface area contributed by atoms with E-state index in [0.717, 1.165) is 49.2 Å². The molecule has 6 nitrogen and oxygen atoms in total. The van der Waals surface area contributed by atoms with Gasteiger partial charge in [-0.3, -0.25) is 0 Å². The SMILES string of the molecule is O=S(=O)(c1ccc2c(c1)nc(SCc1ccccc1OC(F)F)n2C1CCCC1)N1CCCC1. The third kappa shape index (κ3) is 4.67. The molecular weight excluding hydrogens is 480 g/mol. The normalized spacial score (nSPS) is 17.9. The number of hydrogen-bond donors (Lipinski definition) is 0. The fourth-order valence-electron chi connectivity index (χ4n) is 4.89. The number of alkyl halides is 2. The van der Waals surface area contributed by atoms with Crippen LogP contribution in [0, 0.1) is 0 Å². The summed E-state index contributed by atoms with van der Waals surface area (Å²) in [5, 5.41) is 0.768. The second-order valence-corrected chi connectivity index (χ2v) is 11.6. The lowest BCUT2D eigenvalue weighted by molar-refractivity contribution is -0.0503. The Morgan fingerprint density at radius 2 is 1.79 bits per heavy atom. The Morgan fingerprint density at radius 3 is 2.53 bits per heavy atom. The number of para-hydroxylation sites is 1. The molecule has 182 valence electrons. The highest BCUT2D eigenvalue weighted by molar-refractivity contribution is 7.98. The molecule has 1 aliphatic carbocycles. The lowest BCUT2D eigenvalue weighted by Crippen LogP contribution is -2.27. The van der Waals surface area contributed by atoms with Crippen molar-refractivity contribution in [3.05, 3.63) is 48.0 Å². The Balaban J connectivity index is 1.49. The van der Waals surface area contributed by atoms with Crippen LogP contribution in [0.3, 0.4) is 0 Å². The zero-order valence-corrected chi connectivity index (χ0v) is 20.3. The highest BCUT2D eigenvalue weighted by atomic mass is 32.2. The molecule has 10 heteroatoms. The number of benzene rings is 2. The summed E-state index contributed by atoms with van der Waals surface area (Å²) >= 11 is 1.46. The minimum Gasteiger partial charge on any atom is -0.435 e. The largest absolute Gasteiger partial charge is 0.435 e. The second kappa shape index (κ2) is 9.83. The molecule has 0 spiro atoms. The monoisotopic (exact) mass is 507 g/mol. The predicted octanol–water partition coefficient (Wildman–Crippen LogP) is 5.83. The van der Waals surface area contributed by atoms with Crippen LogP contribution in [0.4, 0.5) is 8.78 Å². The maximum Gasteiger partial charge on any atom is 0.387 e. The van der Waals surface area contributed by atoms with Crippen molar-refractivity contribution in [2.24, 2.45) is 0 Å². The zero-order chi connectivity index (χ0) is 23.7. The fourth-order valence-corrected chi connectivity index (χ4v) is 7.50. The van der Waals surface area contributed by atoms with Crippen LogP contribution in [0.25, 0.3) is 11.0 Å². The first-order valence-corrected chi connectivity index (χ1v) is 14.0. The predicted molar refractivity (Wildman–Crippen MR) is 128 cm³/mol. The number of aromatic nitrogens is 2. The number of thioether (sulfide) groups is 1. The topological polar surface area (TPSA) is 64.4 Å². The van der Waals surface area contributed by atoms with E-state index >= 15 is 0 Å². The van der Waals surface area contributed by atoms with Gasteiger partial charge in [0.15, 0.2) is 5.16 Å². The van der Waals surface area contributed by atoms with E-state index in [1.54, 1.807) is 30.3 Å². The van der Waals surface area contributed by atoms with E-state index in [1.807, 2.05) is 6.07 Å². The van der Waals surface area contributed by atoms with Gasteiger partial charge in [-0.2, -0.15) is 13.1 Å². The van der Waals surface area contributed by atoms with Gasteiger partial charge in [0.25, 0.3) is 0 Å². The molecule has 34 heavy (non-hydrogen) atoms. The Bertz CT molecular complexity index is 1270. The van der Waals surface area contributed by atoms with Gasteiger partial charge in [0.1, 0.15) is 5.75 Å². The summed E-state index contributed by atoms with van der Waals surface area (Å²) in [6.45, 7) is -1.78. The molecule has 2 aromatic carbocycles. The van der Waals surface area contributed by atoms with Crippen LogP contribution >= 0.6 is 11.8 Å². The first-order chi connectivity index (χ1) is 16.4. The Hall–Kier alpha value is -2.17. The van der Waals surface area contributed by atoms with E-state index in [0.29, 0.717) is 36.0 Å². The first-order valence-electron chi connectivity index (χ1n) is 11.6. The number of ether oxygens (including phenoxy) is 1. The first kappa shape index (κ1) is 23.6. The Morgan fingerprint density at radius 1 is 1.06 bits per heavy atom. The van der Waals surface area contributed by atoms with Gasteiger partial charge < -0.3 is 9.30 Å². The molecular formula is C24H27F2N3O3S2. The number of sulfonamides is 1. The molecule has 0 unspecified atom stereocenters. The van der Waals surface area contributed by atoms with Crippen molar-refractivity contribution in [3.63, 3.8) is 0 Å². The number of hydrogen-bond acceptors (Lipinski definition) is 5. The summed E-state index contributed by atoms with van der Waals surface area (Å²) in [6, 6.07) is 12.3. The van der Waals surface area contributed by atoms with E-state index in [1.165, 1.54) is 22.1 Å². The highest BCUT2D eigenvalue weighted by Gasteiger charge is 2.29. The fraction of sp³-hybridized carbons (Fsp3) is 0.458. The van der Waals surface area contributed by atoms with Crippen LogP contribution in [-0.2, 0) is 15.8 Å². The Kier molecular flexibility index (Phi) is 6.81. The summed E-state index contributed by atoms with van der Waals surface area (Å²) in [4.78, 5) is 5.09. The third-order valence-electron chi connectivity index (χ3n) is 6.57. The van der Waals surface area contributed by atoms with E-state index in [2.05, 4.69) is 9.30 Å². The molecule has 5 rings (SSSR count). The molecule has 1 saturated carbocycles. The Labute approximate surface area is 202 Å². The number of rotatable bonds is 8. The minimum atomic E-state index is -3.54. The van der Waals surface area contributed by atoms with Gasteiger partial charge in [-0.1, -0.05) is 42.8 Å². The summed E-state index contributed by atoms with van der Waals surface area (Å²) < 4.78 is 60.2. The summed E-state index contributed by atoms with van der Waals surface area (Å²) in [6.07, 6.45) is 6.13. The van der Waals surface area contributed by atoms with Crippen molar-refractivity contribution < 1.29 is 21.9 Å². The van der Waals surface area contributed by atoms with Crippen LogP contribution in [-0.4, -0.2) is 42.0 Å². The number of imidazole rings is 1. The molecule has 0 N–H and O–H groups in total. The molecule has 3 aromatic rings. The maximum absolute atomic E-state index is 13.1. The van der Waals surface area contributed by atoms with Crippen molar-refractivity contribution in [3.8, 4) is 5.75 Å². The molecule has 0 bridgehead atoms. The molecule has 0 atom stereocenters. The molecule has 0 amide bonds. The van der Waals surface area contributed by atoms with Gasteiger partial charge in [-0.15, -0.1) is 0 Å². The highest BCUT2D eigenvalue weighted by Crippen LogP contribution is 2.39. The average Bonchev–Trinajstić information content (AvgIpc) is 3.58. The van der Waals surface area contributed by atoms with Crippen molar-refractivity contribution in [1.82, 2.24) is 13.9 Å². The van der Waals surface area contributed by atoms with Crippen molar-refractivity contribution in [1.29, 1.82) is 0 Å². The van der Waals surface area contributed by atoms with Crippen LogP contribution in [0.2, 0.25) is 0 Å². The summed E-state index contributed by atoms with van der Waals surface area (Å²) in [5.41, 5.74) is 2.22. The minimum absolute atomic E-state index is 0.160. The van der Waals surface area contributed by atoms with Crippen LogP contribution in [0.15, 0.2) is 52.5 Å². The molecule has 0 radical (unpaired) electrons. The van der Waals surface area contributed by atoms with Crippen LogP contribution in [0.5, 0.6) is 5.75 Å². The molecule has 2 heterocycles. The van der Waals surface area contributed by atoms with Gasteiger partial charge in [0, 0.05) is 30.4 Å². The van der Waals surface area contributed by atoms with Crippen molar-refractivity contribution in [2.75, 3.05) is 13.1 Å². The van der Waals surface area contributed by atoms with E-state index in [4.69, 9.17) is 4.98 Å². The molecule has 1 saturated heterocycles. The van der Waals surface area contributed by atoms with Gasteiger partial charge in [0.2, 0.25) is 10.0 Å². The average molecular weight is 508 g/mol. The van der Waals surface area contributed by atoms with E-state index < -0.39 is 16.6 Å². The van der Waals surface area contributed by atoms with Gasteiger partial charge in [-0.05, 0) is 49.9 Å². The quantitative estimate of drug-likeness (QED) is 0.359. The molecule has 1 aromatic heterocycles. The zero-order valence-electron chi connectivity index (χ0n) is 18.7. The lowest BCUT2D eigenvalue weighted by Gasteiger charge is -2.17. The number of fused-ring (bicyclic) bond motifs is 1. The number of halogens is 2. The van der Waals surface area contributed by atoms with Gasteiger partial charge in [-0.25, -0.2) is 13.4 Å². The van der Waals surface area contributed by atoms with Crippen molar-refractivity contribution >= 4 is 32.8 Å². The van der Waals surface area contributed by atoms with E-state index in [9.17, 15) is 17.2 Å². The van der Waals surface area contributed by atoms with Crippen LogP contribution in [0.1, 0.15) is 50.1 Å². The smallest absolute Gasteiger partial charge is 0.387 e. The second-order valence-electron chi connectivity index (χ2n) is 8.74. The maximum atomic E-state index is 13.1.